The van der Waals surface area contributed by atoms with Crippen molar-refractivity contribution < 1.29 is 0 Å². The highest BCUT2D eigenvalue weighted by atomic mass is 32.2. The highest BCUT2D eigenvalue weighted by Crippen LogP contribution is 2.30. The first kappa shape index (κ1) is 8.89. The van der Waals surface area contributed by atoms with E-state index in [0.29, 0.717) is 0 Å². The molecule has 1 heterocycles. The standard InChI is InChI=1S/C12H14S/c1-10-9-13-8-7-12(10)11-5-3-2-4-6-11/h2-6H,7-9H2,1H3. The van der Waals surface area contributed by atoms with Crippen molar-refractivity contribution in [2.75, 3.05) is 11.5 Å². The van der Waals surface area contributed by atoms with E-state index < -0.39 is 0 Å². The molecule has 1 aliphatic heterocycles. The van der Waals surface area contributed by atoms with Gasteiger partial charge in [-0.25, -0.2) is 0 Å². The van der Waals surface area contributed by atoms with Gasteiger partial charge >= 0.3 is 0 Å². The van der Waals surface area contributed by atoms with E-state index in [1.807, 2.05) is 11.8 Å². The SMILES string of the molecule is CC1=C(c2ccccc2)CCSC1. The molecule has 0 atom stereocenters. The Hall–Kier alpha value is -0.690. The zero-order valence-electron chi connectivity index (χ0n) is 7.92. The van der Waals surface area contributed by atoms with Crippen LogP contribution < -0.4 is 0 Å². The van der Waals surface area contributed by atoms with Crippen molar-refractivity contribution in [1.29, 1.82) is 0 Å². The lowest BCUT2D eigenvalue weighted by Crippen LogP contribution is -2.00. The minimum atomic E-state index is 1.21. The molecule has 0 aliphatic carbocycles. The molecular weight excluding hydrogens is 176 g/mol. The van der Waals surface area contributed by atoms with E-state index >= 15 is 0 Å². The van der Waals surface area contributed by atoms with Gasteiger partial charge in [-0.2, -0.15) is 11.8 Å². The van der Waals surface area contributed by atoms with Crippen LogP contribution in [0, 0.1) is 0 Å². The lowest BCUT2D eigenvalue weighted by molar-refractivity contribution is 1.18. The van der Waals surface area contributed by atoms with Crippen LogP contribution in [-0.4, -0.2) is 11.5 Å². The summed E-state index contributed by atoms with van der Waals surface area (Å²) < 4.78 is 0. The second-order valence-electron chi connectivity index (χ2n) is 3.43. The zero-order valence-corrected chi connectivity index (χ0v) is 8.73. The van der Waals surface area contributed by atoms with E-state index in [2.05, 4.69) is 37.3 Å². The van der Waals surface area contributed by atoms with E-state index in [1.54, 1.807) is 11.1 Å². The summed E-state index contributed by atoms with van der Waals surface area (Å²) in [6, 6.07) is 10.8. The molecule has 1 aromatic rings. The Morgan fingerprint density at radius 1 is 1.15 bits per heavy atom. The van der Waals surface area contributed by atoms with E-state index in [4.69, 9.17) is 0 Å². The third-order valence-corrected chi connectivity index (χ3v) is 3.58. The van der Waals surface area contributed by atoms with E-state index in [-0.39, 0.29) is 0 Å². The highest BCUT2D eigenvalue weighted by molar-refractivity contribution is 7.99. The summed E-state index contributed by atoms with van der Waals surface area (Å²) >= 11 is 2.04. The van der Waals surface area contributed by atoms with E-state index in [0.717, 1.165) is 0 Å². The smallest absolute Gasteiger partial charge is 0.0146 e. The first-order valence-electron chi connectivity index (χ1n) is 4.70. The van der Waals surface area contributed by atoms with Crippen LogP contribution in [0.2, 0.25) is 0 Å². The Labute approximate surface area is 84.0 Å². The van der Waals surface area contributed by atoms with Gasteiger partial charge in [-0.1, -0.05) is 35.9 Å². The fraction of sp³-hybridized carbons (Fsp3) is 0.333. The summed E-state index contributed by atoms with van der Waals surface area (Å²) in [4.78, 5) is 0. The summed E-state index contributed by atoms with van der Waals surface area (Å²) in [7, 11) is 0. The van der Waals surface area contributed by atoms with Crippen molar-refractivity contribution in [3.8, 4) is 0 Å². The maximum Gasteiger partial charge on any atom is 0.0146 e. The van der Waals surface area contributed by atoms with Crippen molar-refractivity contribution in [2.45, 2.75) is 13.3 Å². The van der Waals surface area contributed by atoms with Gasteiger partial charge in [0.05, 0.1) is 0 Å². The molecule has 0 saturated heterocycles. The number of hydrogen-bond donors (Lipinski definition) is 0. The van der Waals surface area contributed by atoms with Gasteiger partial charge in [0.25, 0.3) is 0 Å². The second-order valence-corrected chi connectivity index (χ2v) is 4.53. The largest absolute Gasteiger partial charge is 0.157 e. The van der Waals surface area contributed by atoms with Gasteiger partial charge in [0.1, 0.15) is 0 Å². The first-order valence-corrected chi connectivity index (χ1v) is 5.85. The van der Waals surface area contributed by atoms with Gasteiger partial charge in [-0.05, 0) is 30.2 Å². The Bertz CT molecular complexity index is 311. The van der Waals surface area contributed by atoms with Crippen LogP contribution in [-0.2, 0) is 0 Å². The molecule has 13 heavy (non-hydrogen) atoms. The van der Waals surface area contributed by atoms with E-state index in [1.165, 1.54) is 23.5 Å². The average molecular weight is 190 g/mol. The molecule has 0 amide bonds. The molecule has 0 N–H and O–H groups in total. The van der Waals surface area contributed by atoms with Gasteiger partial charge < -0.3 is 0 Å². The number of rotatable bonds is 1. The Balaban J connectivity index is 2.35. The first-order chi connectivity index (χ1) is 6.38. The highest BCUT2D eigenvalue weighted by Gasteiger charge is 2.10. The number of benzene rings is 1. The van der Waals surface area contributed by atoms with Crippen molar-refractivity contribution in [1.82, 2.24) is 0 Å². The van der Waals surface area contributed by atoms with Crippen LogP contribution >= 0.6 is 11.8 Å². The average Bonchev–Trinajstić information content (AvgIpc) is 2.20. The number of thioether (sulfide) groups is 1. The van der Waals surface area contributed by atoms with Crippen molar-refractivity contribution in [3.63, 3.8) is 0 Å². The van der Waals surface area contributed by atoms with Crippen LogP contribution in [0.15, 0.2) is 35.9 Å². The number of hydrogen-bond acceptors (Lipinski definition) is 1. The Kier molecular flexibility index (Phi) is 2.74. The van der Waals surface area contributed by atoms with Crippen molar-refractivity contribution in [2.24, 2.45) is 0 Å². The predicted molar refractivity (Wildman–Crippen MR) is 61.0 cm³/mol. The normalized spacial score (nSPS) is 17.6. The van der Waals surface area contributed by atoms with Gasteiger partial charge in [0.15, 0.2) is 0 Å². The van der Waals surface area contributed by atoms with Crippen LogP contribution in [0.3, 0.4) is 0 Å². The monoisotopic (exact) mass is 190 g/mol. The summed E-state index contributed by atoms with van der Waals surface area (Å²) in [5, 5.41) is 0. The molecule has 1 heteroatoms. The fourth-order valence-corrected chi connectivity index (χ4v) is 2.70. The van der Waals surface area contributed by atoms with Gasteiger partial charge in [0.2, 0.25) is 0 Å². The third-order valence-electron chi connectivity index (χ3n) is 2.45. The maximum absolute atomic E-state index is 2.26. The lowest BCUT2D eigenvalue weighted by atomic mass is 9.99. The second kappa shape index (κ2) is 4.01. The molecule has 0 saturated carbocycles. The maximum atomic E-state index is 2.26. The van der Waals surface area contributed by atoms with Crippen LogP contribution in [0.25, 0.3) is 5.57 Å². The Morgan fingerprint density at radius 2 is 1.92 bits per heavy atom. The molecule has 0 unspecified atom stereocenters. The molecule has 1 aromatic carbocycles. The molecule has 0 radical (unpaired) electrons. The molecule has 0 spiro atoms. The third kappa shape index (κ3) is 1.97. The van der Waals surface area contributed by atoms with Gasteiger partial charge in [0, 0.05) is 5.75 Å². The van der Waals surface area contributed by atoms with E-state index in [9.17, 15) is 0 Å². The fourth-order valence-electron chi connectivity index (χ4n) is 1.73. The molecule has 0 nitrogen and oxygen atoms in total. The molecule has 2 rings (SSSR count). The minimum Gasteiger partial charge on any atom is -0.157 e. The topological polar surface area (TPSA) is 0 Å². The summed E-state index contributed by atoms with van der Waals surface area (Å²) in [5.74, 6) is 2.49. The Morgan fingerprint density at radius 3 is 2.62 bits per heavy atom. The van der Waals surface area contributed by atoms with Gasteiger partial charge in [-0.3, -0.25) is 0 Å². The van der Waals surface area contributed by atoms with Crippen LogP contribution in [0.4, 0.5) is 0 Å². The summed E-state index contributed by atoms with van der Waals surface area (Å²) in [6.07, 6.45) is 1.24. The molecule has 0 fully saturated rings. The quantitative estimate of drug-likeness (QED) is 0.652. The van der Waals surface area contributed by atoms with Gasteiger partial charge in [-0.15, -0.1) is 0 Å². The molecule has 68 valence electrons. The summed E-state index contributed by atoms with van der Waals surface area (Å²) in [5.41, 5.74) is 4.54. The number of allylic oxidation sites excluding steroid dienone is 1. The predicted octanol–water partition coefficient (Wildman–Crippen LogP) is 3.60. The van der Waals surface area contributed by atoms with Crippen molar-refractivity contribution in [3.05, 3.63) is 41.5 Å². The minimum absolute atomic E-state index is 1.21. The molecule has 0 aromatic heterocycles. The summed E-state index contributed by atoms with van der Waals surface area (Å²) in [6.45, 7) is 2.26. The zero-order chi connectivity index (χ0) is 9.10. The van der Waals surface area contributed by atoms with Crippen LogP contribution in [0.1, 0.15) is 18.9 Å². The molecular formula is C12H14S. The van der Waals surface area contributed by atoms with Crippen LogP contribution in [0.5, 0.6) is 0 Å². The van der Waals surface area contributed by atoms with Crippen molar-refractivity contribution >= 4 is 17.3 Å². The molecule has 0 bridgehead atoms. The lowest BCUT2D eigenvalue weighted by Gasteiger charge is -2.17. The molecule has 1 aliphatic rings.